The second-order valence-electron chi connectivity index (χ2n) is 5.76. The van der Waals surface area contributed by atoms with Crippen molar-refractivity contribution in [2.75, 3.05) is 13.7 Å². The van der Waals surface area contributed by atoms with Gasteiger partial charge in [0.05, 0.1) is 24.9 Å². The van der Waals surface area contributed by atoms with Gasteiger partial charge in [0, 0.05) is 7.11 Å². The van der Waals surface area contributed by atoms with Crippen LogP contribution in [0.4, 0.5) is 0 Å². The molecule has 4 nitrogen and oxygen atoms in total. The van der Waals surface area contributed by atoms with E-state index in [9.17, 15) is 0 Å². The van der Waals surface area contributed by atoms with Crippen LogP contribution in [0.25, 0.3) is 0 Å². The van der Waals surface area contributed by atoms with Gasteiger partial charge < -0.3 is 9.47 Å². The summed E-state index contributed by atoms with van der Waals surface area (Å²) in [5.74, 6) is 6.14. The predicted molar refractivity (Wildman–Crippen MR) is 80.2 cm³/mol. The molecule has 0 aliphatic carbocycles. The van der Waals surface area contributed by atoms with E-state index in [1.54, 1.807) is 7.11 Å². The van der Waals surface area contributed by atoms with Gasteiger partial charge >= 0.3 is 0 Å². The van der Waals surface area contributed by atoms with Crippen LogP contribution in [-0.4, -0.2) is 25.9 Å². The molecule has 0 bridgehead atoms. The van der Waals surface area contributed by atoms with Crippen LogP contribution in [0.2, 0.25) is 0 Å². The third-order valence-corrected chi connectivity index (χ3v) is 4.10. The fraction of sp³-hybridized carbons (Fsp3) is 0.625. The van der Waals surface area contributed by atoms with E-state index in [-0.39, 0.29) is 18.2 Å². The Morgan fingerprint density at radius 3 is 2.80 bits per heavy atom. The Morgan fingerprint density at radius 2 is 2.15 bits per heavy atom. The van der Waals surface area contributed by atoms with Gasteiger partial charge in [-0.25, -0.2) is 0 Å². The maximum Gasteiger partial charge on any atom is 0.0844 e. The third kappa shape index (κ3) is 3.38. The molecular formula is C16H26N2O2. The van der Waals surface area contributed by atoms with Gasteiger partial charge in [0.15, 0.2) is 0 Å². The van der Waals surface area contributed by atoms with Gasteiger partial charge in [0.1, 0.15) is 0 Å². The molecule has 0 saturated heterocycles. The lowest BCUT2D eigenvalue weighted by molar-refractivity contribution is -0.0122. The molecule has 3 unspecified atom stereocenters. The van der Waals surface area contributed by atoms with Crippen LogP contribution in [-0.2, 0) is 15.9 Å². The summed E-state index contributed by atoms with van der Waals surface area (Å²) in [7, 11) is 1.74. The minimum atomic E-state index is 0.0798. The first-order chi connectivity index (χ1) is 9.67. The molecule has 1 aromatic carbocycles. The number of hydrogen-bond acceptors (Lipinski definition) is 4. The molecule has 2 rings (SSSR count). The summed E-state index contributed by atoms with van der Waals surface area (Å²) in [4.78, 5) is 0. The second-order valence-corrected chi connectivity index (χ2v) is 5.76. The zero-order valence-electron chi connectivity index (χ0n) is 12.6. The van der Waals surface area contributed by atoms with Crippen LogP contribution in [0.1, 0.15) is 37.5 Å². The minimum absolute atomic E-state index is 0.0798. The zero-order chi connectivity index (χ0) is 14.5. The summed E-state index contributed by atoms with van der Waals surface area (Å²) in [6.45, 7) is 5.07. The lowest BCUT2D eigenvalue weighted by atomic mass is 9.89. The van der Waals surface area contributed by atoms with E-state index >= 15 is 0 Å². The minimum Gasteiger partial charge on any atom is -0.380 e. The lowest BCUT2D eigenvalue weighted by Crippen LogP contribution is -2.48. The quantitative estimate of drug-likeness (QED) is 0.618. The summed E-state index contributed by atoms with van der Waals surface area (Å²) in [6, 6.07) is 8.58. The number of methoxy groups -OCH3 is 1. The fourth-order valence-corrected chi connectivity index (χ4v) is 3.10. The van der Waals surface area contributed by atoms with E-state index in [0.29, 0.717) is 5.92 Å². The SMILES string of the molecule is COC(C(C)C)C(CC1OCCc2ccccc21)NN. The van der Waals surface area contributed by atoms with Gasteiger partial charge in [-0.1, -0.05) is 38.1 Å². The van der Waals surface area contributed by atoms with Gasteiger partial charge in [-0.3, -0.25) is 11.3 Å². The van der Waals surface area contributed by atoms with E-state index in [4.69, 9.17) is 15.3 Å². The molecule has 112 valence electrons. The summed E-state index contributed by atoms with van der Waals surface area (Å²) >= 11 is 0. The Labute approximate surface area is 121 Å². The Morgan fingerprint density at radius 1 is 1.40 bits per heavy atom. The van der Waals surface area contributed by atoms with Crippen molar-refractivity contribution in [3.05, 3.63) is 35.4 Å². The highest BCUT2D eigenvalue weighted by atomic mass is 16.5. The Bertz CT molecular complexity index is 423. The van der Waals surface area contributed by atoms with E-state index in [2.05, 4.69) is 43.5 Å². The number of rotatable bonds is 6. The average Bonchev–Trinajstić information content (AvgIpc) is 2.46. The molecule has 0 saturated carbocycles. The molecule has 0 radical (unpaired) electrons. The smallest absolute Gasteiger partial charge is 0.0844 e. The molecule has 0 aromatic heterocycles. The number of ether oxygens (including phenoxy) is 2. The number of fused-ring (bicyclic) bond motifs is 1. The van der Waals surface area contributed by atoms with Crippen molar-refractivity contribution < 1.29 is 9.47 Å². The number of hydrazine groups is 1. The molecule has 3 N–H and O–H groups in total. The van der Waals surface area contributed by atoms with Crippen LogP contribution >= 0.6 is 0 Å². The van der Waals surface area contributed by atoms with Crippen molar-refractivity contribution in [3.63, 3.8) is 0 Å². The number of nitrogens with two attached hydrogens (primary N) is 1. The fourth-order valence-electron chi connectivity index (χ4n) is 3.10. The molecule has 0 amide bonds. The second kappa shape index (κ2) is 7.18. The third-order valence-electron chi connectivity index (χ3n) is 4.10. The Balaban J connectivity index is 2.12. The molecule has 1 heterocycles. The molecule has 20 heavy (non-hydrogen) atoms. The van der Waals surface area contributed by atoms with Crippen molar-refractivity contribution in [2.24, 2.45) is 11.8 Å². The van der Waals surface area contributed by atoms with Crippen LogP contribution < -0.4 is 11.3 Å². The highest BCUT2D eigenvalue weighted by molar-refractivity contribution is 5.31. The highest BCUT2D eigenvalue weighted by Crippen LogP contribution is 2.31. The molecular weight excluding hydrogens is 252 g/mol. The maximum absolute atomic E-state index is 5.96. The van der Waals surface area contributed by atoms with Crippen LogP contribution in [0.15, 0.2) is 24.3 Å². The zero-order valence-corrected chi connectivity index (χ0v) is 12.6. The molecule has 1 aliphatic heterocycles. The monoisotopic (exact) mass is 278 g/mol. The van der Waals surface area contributed by atoms with E-state index in [0.717, 1.165) is 19.4 Å². The summed E-state index contributed by atoms with van der Waals surface area (Å²) in [5.41, 5.74) is 5.58. The van der Waals surface area contributed by atoms with E-state index in [1.807, 2.05) is 0 Å². The van der Waals surface area contributed by atoms with Crippen LogP contribution in [0.3, 0.4) is 0 Å². The predicted octanol–water partition coefficient (Wildman–Crippen LogP) is 2.19. The summed E-state index contributed by atoms with van der Waals surface area (Å²) in [5, 5.41) is 0. The standard InChI is InChI=1S/C16H26N2O2/c1-11(2)16(19-3)14(18-17)10-15-13-7-5-4-6-12(13)8-9-20-15/h4-7,11,14-16,18H,8-10,17H2,1-3H3. The van der Waals surface area contributed by atoms with E-state index < -0.39 is 0 Å². The van der Waals surface area contributed by atoms with Gasteiger partial charge in [-0.05, 0) is 29.9 Å². The Kier molecular flexibility index (Phi) is 5.54. The van der Waals surface area contributed by atoms with Gasteiger partial charge in [0.2, 0.25) is 0 Å². The molecule has 0 spiro atoms. The molecule has 0 fully saturated rings. The van der Waals surface area contributed by atoms with Crippen molar-refractivity contribution in [1.82, 2.24) is 5.43 Å². The van der Waals surface area contributed by atoms with Gasteiger partial charge in [-0.2, -0.15) is 0 Å². The Hall–Kier alpha value is -0.940. The largest absolute Gasteiger partial charge is 0.380 e. The van der Waals surface area contributed by atoms with Crippen molar-refractivity contribution in [2.45, 2.75) is 44.9 Å². The van der Waals surface area contributed by atoms with Crippen molar-refractivity contribution >= 4 is 0 Å². The normalized spacial score (nSPS) is 21.6. The topological polar surface area (TPSA) is 56.5 Å². The number of benzene rings is 1. The van der Waals surface area contributed by atoms with Crippen LogP contribution in [0.5, 0.6) is 0 Å². The van der Waals surface area contributed by atoms with Crippen molar-refractivity contribution in [3.8, 4) is 0 Å². The number of hydrogen-bond donors (Lipinski definition) is 2. The van der Waals surface area contributed by atoms with E-state index in [1.165, 1.54) is 11.1 Å². The number of nitrogens with one attached hydrogen (secondary N) is 1. The maximum atomic E-state index is 5.96. The molecule has 1 aromatic rings. The lowest BCUT2D eigenvalue weighted by Gasteiger charge is -2.33. The molecule has 1 aliphatic rings. The van der Waals surface area contributed by atoms with Gasteiger partial charge in [-0.15, -0.1) is 0 Å². The summed E-state index contributed by atoms with van der Waals surface area (Å²) in [6.07, 6.45) is 1.99. The first-order valence-electron chi connectivity index (χ1n) is 7.35. The first-order valence-corrected chi connectivity index (χ1v) is 7.35. The highest BCUT2D eigenvalue weighted by Gasteiger charge is 2.29. The molecule has 3 atom stereocenters. The first kappa shape index (κ1) is 15.4. The van der Waals surface area contributed by atoms with Crippen LogP contribution in [0, 0.1) is 5.92 Å². The summed E-state index contributed by atoms with van der Waals surface area (Å²) < 4.78 is 11.6. The average molecular weight is 278 g/mol. The molecule has 4 heteroatoms. The van der Waals surface area contributed by atoms with Crippen molar-refractivity contribution in [1.29, 1.82) is 0 Å². The van der Waals surface area contributed by atoms with Gasteiger partial charge in [0.25, 0.3) is 0 Å².